The molecular formula is C18H19ClFN3O4S. The van der Waals surface area contributed by atoms with Crippen LogP contribution in [0.5, 0.6) is 5.75 Å². The molecule has 0 atom stereocenters. The maximum absolute atomic E-state index is 13.0. The van der Waals surface area contributed by atoms with Crippen LogP contribution in [0.25, 0.3) is 0 Å². The summed E-state index contributed by atoms with van der Waals surface area (Å²) < 4.78 is 43.4. The fraction of sp³-hybridized carbons (Fsp3) is 0.222. The fourth-order valence-corrected chi connectivity index (χ4v) is 3.32. The number of sulfonamides is 1. The van der Waals surface area contributed by atoms with Crippen LogP contribution in [0.3, 0.4) is 0 Å². The summed E-state index contributed by atoms with van der Waals surface area (Å²) in [5.74, 6) is -0.817. The maximum Gasteiger partial charge on any atom is 0.260 e. The van der Waals surface area contributed by atoms with Gasteiger partial charge in [-0.25, -0.2) is 18.2 Å². The van der Waals surface area contributed by atoms with Crippen molar-refractivity contribution in [1.29, 1.82) is 0 Å². The number of methoxy groups -OCH3 is 1. The van der Waals surface area contributed by atoms with Gasteiger partial charge in [-0.2, -0.15) is 5.10 Å². The number of hydrogen-bond acceptors (Lipinski definition) is 5. The molecule has 0 aliphatic rings. The van der Waals surface area contributed by atoms with Crippen molar-refractivity contribution in [1.82, 2.24) is 5.43 Å². The third-order valence-corrected chi connectivity index (χ3v) is 5.07. The van der Waals surface area contributed by atoms with Crippen molar-refractivity contribution in [3.8, 4) is 5.75 Å². The number of ether oxygens (including phenoxy) is 1. The molecule has 2 rings (SSSR count). The van der Waals surface area contributed by atoms with Crippen molar-refractivity contribution in [3.63, 3.8) is 0 Å². The van der Waals surface area contributed by atoms with E-state index in [2.05, 4.69) is 10.5 Å². The highest BCUT2D eigenvalue weighted by Gasteiger charge is 2.24. The maximum atomic E-state index is 13.0. The van der Waals surface area contributed by atoms with Crippen LogP contribution in [0.15, 0.2) is 47.6 Å². The van der Waals surface area contributed by atoms with Gasteiger partial charge in [0, 0.05) is 5.02 Å². The number of halogens is 2. The molecule has 0 aliphatic carbocycles. The summed E-state index contributed by atoms with van der Waals surface area (Å²) in [6, 6.07) is 10.0. The molecule has 2 aromatic carbocycles. The summed E-state index contributed by atoms with van der Waals surface area (Å²) in [5.41, 5.74) is 3.47. The number of benzene rings is 2. The molecule has 150 valence electrons. The summed E-state index contributed by atoms with van der Waals surface area (Å²) in [6.45, 7) is 1.09. The van der Waals surface area contributed by atoms with E-state index in [0.29, 0.717) is 11.3 Å². The molecule has 0 aromatic heterocycles. The minimum absolute atomic E-state index is 0.131. The average molecular weight is 428 g/mol. The van der Waals surface area contributed by atoms with Crippen molar-refractivity contribution in [3.05, 3.63) is 58.9 Å². The monoisotopic (exact) mass is 427 g/mol. The number of anilines is 1. The summed E-state index contributed by atoms with van der Waals surface area (Å²) in [7, 11) is -2.44. The number of amides is 1. The third kappa shape index (κ3) is 5.67. The van der Waals surface area contributed by atoms with Gasteiger partial charge in [-0.05, 0) is 42.8 Å². The number of nitrogens with one attached hydrogen (secondary N) is 1. The van der Waals surface area contributed by atoms with Crippen molar-refractivity contribution in [2.24, 2.45) is 5.10 Å². The molecule has 2 aromatic rings. The molecule has 0 saturated carbocycles. The Morgan fingerprint density at radius 2 is 1.89 bits per heavy atom. The van der Waals surface area contributed by atoms with Crippen molar-refractivity contribution < 1.29 is 22.3 Å². The molecular weight excluding hydrogens is 409 g/mol. The van der Waals surface area contributed by atoms with Crippen molar-refractivity contribution >= 4 is 38.9 Å². The molecule has 0 unspecified atom stereocenters. The highest BCUT2D eigenvalue weighted by Crippen LogP contribution is 2.32. The van der Waals surface area contributed by atoms with E-state index in [1.807, 2.05) is 0 Å². The zero-order valence-electron chi connectivity index (χ0n) is 15.4. The van der Waals surface area contributed by atoms with Gasteiger partial charge in [-0.15, -0.1) is 0 Å². The zero-order valence-corrected chi connectivity index (χ0v) is 17.0. The van der Waals surface area contributed by atoms with E-state index < -0.39 is 22.5 Å². The van der Waals surface area contributed by atoms with Crippen LogP contribution in [0.2, 0.25) is 5.02 Å². The Morgan fingerprint density at radius 3 is 2.46 bits per heavy atom. The summed E-state index contributed by atoms with van der Waals surface area (Å²) in [4.78, 5) is 12.3. The van der Waals surface area contributed by atoms with E-state index in [1.165, 1.54) is 43.5 Å². The first-order valence-corrected chi connectivity index (χ1v) is 10.2. The Hall–Kier alpha value is -2.65. The Morgan fingerprint density at radius 1 is 1.25 bits per heavy atom. The van der Waals surface area contributed by atoms with Crippen LogP contribution >= 0.6 is 11.6 Å². The zero-order chi connectivity index (χ0) is 20.9. The predicted molar refractivity (Wildman–Crippen MR) is 107 cm³/mol. The second kappa shape index (κ2) is 9.03. The molecule has 0 saturated heterocycles. The first-order valence-electron chi connectivity index (χ1n) is 8.02. The molecule has 7 nitrogen and oxygen atoms in total. The van der Waals surface area contributed by atoms with E-state index in [9.17, 15) is 17.6 Å². The summed E-state index contributed by atoms with van der Waals surface area (Å²) >= 11 is 5.96. The van der Waals surface area contributed by atoms with Crippen LogP contribution in [0.1, 0.15) is 12.5 Å². The number of hydrazone groups is 1. The van der Waals surface area contributed by atoms with Gasteiger partial charge in [0.2, 0.25) is 10.0 Å². The van der Waals surface area contributed by atoms with Crippen LogP contribution in [-0.2, 0) is 14.8 Å². The standard InChI is InChI=1S/C18H19ClFN3O4S/c1-12(13-4-7-15(20)8-5-13)21-22-18(24)11-23(28(3,25)26)16-10-14(19)6-9-17(16)27-2/h4-10H,11H2,1-3H3,(H,22,24)/b21-12-. The van der Waals surface area contributed by atoms with Gasteiger partial charge in [0.15, 0.2) is 0 Å². The number of nitrogens with zero attached hydrogens (tertiary/aromatic N) is 2. The summed E-state index contributed by atoms with van der Waals surface area (Å²) in [5, 5.41) is 4.22. The van der Waals surface area contributed by atoms with Crippen LogP contribution in [-0.4, -0.2) is 39.9 Å². The van der Waals surface area contributed by atoms with Gasteiger partial charge in [0.05, 0.1) is 24.8 Å². The second-order valence-electron chi connectivity index (χ2n) is 5.82. The van der Waals surface area contributed by atoms with Crippen LogP contribution < -0.4 is 14.5 Å². The minimum atomic E-state index is -3.81. The minimum Gasteiger partial charge on any atom is -0.495 e. The topological polar surface area (TPSA) is 88.1 Å². The lowest BCUT2D eigenvalue weighted by Crippen LogP contribution is -2.39. The molecule has 10 heteroatoms. The highest BCUT2D eigenvalue weighted by atomic mass is 35.5. The van der Waals surface area contributed by atoms with Crippen molar-refractivity contribution in [2.75, 3.05) is 24.2 Å². The SMILES string of the molecule is COc1ccc(Cl)cc1N(CC(=O)N/N=C(/C)c1ccc(F)cc1)S(C)(=O)=O. The van der Waals surface area contributed by atoms with E-state index in [1.54, 1.807) is 13.0 Å². The van der Waals surface area contributed by atoms with Crippen molar-refractivity contribution in [2.45, 2.75) is 6.92 Å². The normalized spacial score (nSPS) is 11.8. The van der Waals surface area contributed by atoms with Gasteiger partial charge in [0.1, 0.15) is 18.1 Å². The lowest BCUT2D eigenvalue weighted by atomic mass is 10.1. The van der Waals surface area contributed by atoms with Gasteiger partial charge >= 0.3 is 0 Å². The van der Waals surface area contributed by atoms with Gasteiger partial charge < -0.3 is 4.74 Å². The quantitative estimate of drug-likeness (QED) is 0.543. The molecule has 0 aliphatic heterocycles. The van der Waals surface area contributed by atoms with E-state index in [-0.39, 0.29) is 22.3 Å². The molecule has 0 radical (unpaired) electrons. The molecule has 0 spiro atoms. The van der Waals surface area contributed by atoms with Gasteiger partial charge in [-0.3, -0.25) is 9.10 Å². The molecule has 0 heterocycles. The van der Waals surface area contributed by atoms with Crippen LogP contribution in [0.4, 0.5) is 10.1 Å². The van der Waals surface area contributed by atoms with Crippen LogP contribution in [0, 0.1) is 5.82 Å². The van der Waals surface area contributed by atoms with Gasteiger partial charge in [0.25, 0.3) is 5.91 Å². The van der Waals surface area contributed by atoms with E-state index >= 15 is 0 Å². The smallest absolute Gasteiger partial charge is 0.260 e. The average Bonchev–Trinajstić information content (AvgIpc) is 2.63. The Kier molecular flexibility index (Phi) is 6.98. The number of carbonyl (C=O) groups excluding carboxylic acids is 1. The second-order valence-corrected chi connectivity index (χ2v) is 8.17. The lowest BCUT2D eigenvalue weighted by molar-refractivity contribution is -0.119. The summed E-state index contributed by atoms with van der Waals surface area (Å²) in [6.07, 6.45) is 0.966. The lowest BCUT2D eigenvalue weighted by Gasteiger charge is -2.23. The number of hydrogen-bond donors (Lipinski definition) is 1. The Balaban J connectivity index is 2.22. The fourth-order valence-electron chi connectivity index (χ4n) is 2.31. The Labute approximate surface area is 167 Å². The molecule has 1 N–H and O–H groups in total. The number of carbonyl (C=O) groups is 1. The third-order valence-electron chi connectivity index (χ3n) is 3.71. The molecule has 0 bridgehead atoms. The van der Waals surface area contributed by atoms with Gasteiger partial charge in [-0.1, -0.05) is 23.7 Å². The highest BCUT2D eigenvalue weighted by molar-refractivity contribution is 7.92. The first kappa shape index (κ1) is 21.6. The number of rotatable bonds is 7. The predicted octanol–water partition coefficient (Wildman–Crippen LogP) is 2.79. The van der Waals surface area contributed by atoms with E-state index in [0.717, 1.165) is 10.6 Å². The molecule has 1 amide bonds. The largest absolute Gasteiger partial charge is 0.495 e. The Bertz CT molecular complexity index is 994. The van der Waals surface area contributed by atoms with E-state index in [4.69, 9.17) is 16.3 Å². The molecule has 28 heavy (non-hydrogen) atoms. The molecule has 0 fully saturated rings. The first-order chi connectivity index (χ1) is 13.1.